The highest BCUT2D eigenvalue weighted by molar-refractivity contribution is 7.98. The van der Waals surface area contributed by atoms with Gasteiger partial charge in [-0.15, -0.1) is 22.0 Å². The zero-order chi connectivity index (χ0) is 51.1. The number of aryl methyl sites for hydroxylation is 1. The Morgan fingerprint density at radius 2 is 1.71 bits per heavy atom. The Bertz CT molecular complexity index is 3120. The number of hydrogen-bond acceptors (Lipinski definition) is 13. The molecule has 2 aromatic heterocycles. The lowest BCUT2D eigenvalue weighted by Crippen LogP contribution is -2.52. The van der Waals surface area contributed by atoms with E-state index in [2.05, 4.69) is 63.7 Å². The van der Waals surface area contributed by atoms with Crippen molar-refractivity contribution in [1.29, 1.82) is 0 Å². The van der Waals surface area contributed by atoms with Crippen molar-refractivity contribution in [2.45, 2.75) is 81.3 Å². The van der Waals surface area contributed by atoms with E-state index in [0.717, 1.165) is 111 Å². The van der Waals surface area contributed by atoms with E-state index < -0.39 is 43.3 Å². The first-order valence-corrected chi connectivity index (χ1v) is 26.8. The average molecular weight is 1020 g/mol. The molecule has 3 N–H and O–H groups in total. The number of anilines is 3. The van der Waals surface area contributed by atoms with Crippen molar-refractivity contribution < 1.29 is 37.0 Å². The van der Waals surface area contributed by atoms with Crippen LogP contribution in [0.4, 0.5) is 23.0 Å². The Morgan fingerprint density at radius 1 is 0.972 bits per heavy atom. The second-order valence-corrected chi connectivity index (χ2v) is 22.2. The Hall–Kier alpha value is -6.97. The van der Waals surface area contributed by atoms with E-state index in [4.69, 9.17) is 4.98 Å². The molecule has 3 aliphatic heterocycles. The number of imide groups is 1. The van der Waals surface area contributed by atoms with Crippen LogP contribution in [0, 0.1) is 22.0 Å². The van der Waals surface area contributed by atoms with Gasteiger partial charge in [-0.25, -0.2) is 13.4 Å². The number of nitrogens with zero attached hydrogens (tertiary/aromatic N) is 8. The number of fused-ring (bicyclic) bond motifs is 1. The Kier molecular flexibility index (Phi) is 13.8. The molecule has 4 aliphatic rings. The van der Waals surface area contributed by atoms with Gasteiger partial charge < -0.3 is 19.7 Å². The second kappa shape index (κ2) is 19.9. The van der Waals surface area contributed by atoms with Crippen molar-refractivity contribution in [3.8, 4) is 0 Å². The van der Waals surface area contributed by atoms with Crippen LogP contribution in [0.2, 0.25) is 0 Å². The van der Waals surface area contributed by atoms with Crippen molar-refractivity contribution in [3.05, 3.63) is 135 Å². The van der Waals surface area contributed by atoms with Crippen LogP contribution in [0.15, 0.2) is 95.0 Å². The fourth-order valence-corrected chi connectivity index (χ4v) is 13.1. The van der Waals surface area contributed by atoms with Gasteiger partial charge in [-0.05, 0) is 104 Å². The molecule has 0 spiro atoms. The molecule has 1 aliphatic carbocycles. The van der Waals surface area contributed by atoms with Gasteiger partial charge in [0.25, 0.3) is 39.3 Å². The standard InChI is InChI=1S/C51H57N11O8S2/c1-6-52-44-23-37(51(25-33(3)26-51)50-56-54-31-58(50)4)24-45(55-44)60-27-40-39(49(60)66)20-35(21-42(40)71-5)30-62(19-7-8-32(2)28-62)29-34-9-12-38(13-10-34)57-72(69,70)43-14-11-36(22-41(43)61(67)68)48(65)53-17-18-59-46(63)15-16-47(59)64/h9-16,20-24,31-33,57H,6-8,17-19,25-30H2,1-5H3,(H-,52,53,55,65)/p+1/t32-,33?,51?,62?/m0/s1. The number of aromatic nitrogens is 4. The number of amides is 4. The van der Waals surface area contributed by atoms with Crippen LogP contribution in [0.5, 0.6) is 0 Å². The van der Waals surface area contributed by atoms with Crippen LogP contribution in [0.3, 0.4) is 0 Å². The lowest BCUT2D eigenvalue weighted by Gasteiger charge is -2.46. The summed E-state index contributed by atoms with van der Waals surface area (Å²) in [6, 6.07) is 18.5. The van der Waals surface area contributed by atoms with E-state index in [1.165, 1.54) is 0 Å². The molecule has 21 heteroatoms. The van der Waals surface area contributed by atoms with Gasteiger partial charge in [-0.2, -0.15) is 0 Å². The summed E-state index contributed by atoms with van der Waals surface area (Å²) in [5, 5.41) is 26.9. The van der Waals surface area contributed by atoms with Crippen LogP contribution in [0.25, 0.3) is 0 Å². The van der Waals surface area contributed by atoms with Gasteiger partial charge in [-0.1, -0.05) is 26.0 Å². The van der Waals surface area contributed by atoms with Gasteiger partial charge in [0.2, 0.25) is 0 Å². The normalized spacial score (nSPS) is 21.7. The van der Waals surface area contributed by atoms with Gasteiger partial charge >= 0.3 is 0 Å². The molecule has 376 valence electrons. The van der Waals surface area contributed by atoms with Crippen molar-refractivity contribution >= 4 is 68.4 Å². The number of hydrogen-bond donors (Lipinski definition) is 3. The molecule has 2 fully saturated rings. The van der Waals surface area contributed by atoms with Gasteiger partial charge in [0.1, 0.15) is 36.9 Å². The number of nitro benzene ring substituents is 1. The highest BCUT2D eigenvalue weighted by Gasteiger charge is 2.49. The van der Waals surface area contributed by atoms with Crippen molar-refractivity contribution in [2.75, 3.05) is 53.9 Å². The third-order valence-corrected chi connectivity index (χ3v) is 16.5. The molecule has 9 rings (SSSR count). The molecule has 1 unspecified atom stereocenters. The molecule has 3 aromatic carbocycles. The number of rotatable bonds is 18. The largest absolute Gasteiger partial charge is 0.370 e. The predicted octanol–water partition coefficient (Wildman–Crippen LogP) is 6.55. The summed E-state index contributed by atoms with van der Waals surface area (Å²) in [6.07, 6.45) is 9.96. The Labute approximate surface area is 422 Å². The number of nitro groups is 1. The number of quaternary nitrogens is 1. The summed E-state index contributed by atoms with van der Waals surface area (Å²) in [7, 11) is -2.52. The van der Waals surface area contributed by atoms with Crippen molar-refractivity contribution in [2.24, 2.45) is 18.9 Å². The molecular formula is C51H58N11O8S2+. The molecule has 5 heterocycles. The van der Waals surface area contributed by atoms with Crippen LogP contribution in [0.1, 0.15) is 95.2 Å². The minimum atomic E-state index is -4.50. The zero-order valence-corrected chi connectivity index (χ0v) is 42.5. The first-order valence-electron chi connectivity index (χ1n) is 24.1. The van der Waals surface area contributed by atoms with Crippen molar-refractivity contribution in [1.82, 2.24) is 30.0 Å². The molecule has 19 nitrogen and oxygen atoms in total. The fourth-order valence-electron chi connectivity index (χ4n) is 11.2. The Balaban J connectivity index is 0.920. The first-order chi connectivity index (χ1) is 34.4. The van der Waals surface area contributed by atoms with E-state index in [9.17, 15) is 37.7 Å². The summed E-state index contributed by atoms with van der Waals surface area (Å²) >= 11 is 1.63. The minimum absolute atomic E-state index is 0.0898. The molecule has 1 saturated carbocycles. The number of nitrogens with one attached hydrogen (secondary N) is 3. The average Bonchev–Trinajstić information content (AvgIpc) is 4.02. The summed E-state index contributed by atoms with van der Waals surface area (Å²) in [4.78, 5) is 70.6. The number of carbonyl (C=O) groups is 4. The number of piperidine rings is 1. The maximum Gasteiger partial charge on any atom is 0.290 e. The topological polar surface area (TPSA) is 232 Å². The molecule has 4 amide bonds. The molecule has 5 aromatic rings. The quantitative estimate of drug-likeness (QED) is 0.0278. The SMILES string of the molecule is CCNc1cc(C2(c3nncn3C)CC(C)C2)cc(N2Cc3c(SC)cc(C[N+]4(Cc5ccc(NS(=O)(=O)c6ccc(C(=O)NCCN7C(=O)C=CC7=O)cc6[N+](=O)[O-])cc5)CCC[C@H](C)C4)cc3C2=O)n1. The molecule has 2 atom stereocenters. The van der Waals surface area contributed by atoms with E-state index in [-0.39, 0.29) is 35.7 Å². The second-order valence-electron chi connectivity index (χ2n) is 19.7. The van der Waals surface area contributed by atoms with Crippen LogP contribution >= 0.6 is 11.8 Å². The number of benzene rings is 3. The van der Waals surface area contributed by atoms with E-state index in [0.29, 0.717) is 55.2 Å². The third kappa shape index (κ3) is 9.84. The van der Waals surface area contributed by atoms with E-state index in [1.807, 2.05) is 36.9 Å². The van der Waals surface area contributed by atoms with Crippen LogP contribution in [-0.2, 0) is 51.7 Å². The highest BCUT2D eigenvalue weighted by Crippen LogP contribution is 2.52. The first kappa shape index (κ1) is 50.0. The number of thioether (sulfide) groups is 1. The monoisotopic (exact) mass is 1020 g/mol. The molecule has 72 heavy (non-hydrogen) atoms. The van der Waals surface area contributed by atoms with Gasteiger partial charge in [0.15, 0.2) is 4.90 Å². The summed E-state index contributed by atoms with van der Waals surface area (Å²) < 4.78 is 32.5. The smallest absolute Gasteiger partial charge is 0.290 e. The number of carbonyl (C=O) groups excluding carboxylic acids is 4. The van der Waals surface area contributed by atoms with Crippen LogP contribution < -0.4 is 20.3 Å². The molecule has 0 bridgehead atoms. The Morgan fingerprint density at radius 3 is 2.36 bits per heavy atom. The molecule has 1 saturated heterocycles. The van der Waals surface area contributed by atoms with Gasteiger partial charge in [-0.3, -0.25) is 43.8 Å². The maximum atomic E-state index is 14.7. The van der Waals surface area contributed by atoms with E-state index in [1.54, 1.807) is 35.1 Å². The third-order valence-electron chi connectivity index (χ3n) is 14.3. The highest BCUT2D eigenvalue weighted by atomic mass is 32.2. The summed E-state index contributed by atoms with van der Waals surface area (Å²) in [5.41, 5.74) is 3.63. The number of pyridine rings is 1. The lowest BCUT2D eigenvalue weighted by molar-refractivity contribution is -0.960. The maximum absolute atomic E-state index is 14.7. The summed E-state index contributed by atoms with van der Waals surface area (Å²) in [5.74, 6) is 1.28. The predicted molar refractivity (Wildman–Crippen MR) is 272 cm³/mol. The fraction of sp³-hybridized carbons (Fsp3) is 0.392. The van der Waals surface area contributed by atoms with E-state index >= 15 is 0 Å². The molecular weight excluding hydrogens is 959 g/mol. The van der Waals surface area contributed by atoms with Gasteiger partial charge in [0, 0.05) is 83.7 Å². The zero-order valence-electron chi connectivity index (χ0n) is 40.9. The molecule has 0 radical (unpaired) electrons. The number of sulfonamides is 1. The minimum Gasteiger partial charge on any atom is -0.370 e. The van der Waals surface area contributed by atoms with Gasteiger partial charge in [0.05, 0.1) is 30.0 Å². The lowest BCUT2D eigenvalue weighted by atomic mass is 9.58. The summed E-state index contributed by atoms with van der Waals surface area (Å²) in [6.45, 7) is 10.5. The number of likely N-dealkylation sites (tertiary alicyclic amines) is 1. The van der Waals surface area contributed by atoms with Crippen LogP contribution in [-0.4, -0.2) is 105 Å². The van der Waals surface area contributed by atoms with Crippen molar-refractivity contribution in [3.63, 3.8) is 0 Å².